The van der Waals surface area contributed by atoms with E-state index in [1.165, 1.54) is 44.3 Å². The summed E-state index contributed by atoms with van der Waals surface area (Å²) in [6.07, 6.45) is 13.0. The second kappa shape index (κ2) is 15.0. The minimum atomic E-state index is -0.310. The van der Waals surface area contributed by atoms with Crippen molar-refractivity contribution in [1.29, 1.82) is 0 Å². The summed E-state index contributed by atoms with van der Waals surface area (Å²) in [5.74, 6) is -0.0734. The molecule has 0 aromatic carbocycles. The highest BCUT2D eigenvalue weighted by molar-refractivity contribution is 5.81. The van der Waals surface area contributed by atoms with E-state index in [2.05, 4.69) is 27.0 Å². The predicted molar refractivity (Wildman–Crippen MR) is 97.6 cm³/mol. The van der Waals surface area contributed by atoms with Gasteiger partial charge in [0.1, 0.15) is 6.10 Å². The first-order chi connectivity index (χ1) is 11.6. The average Bonchev–Trinajstić information content (AvgIpc) is 2.62. The lowest BCUT2D eigenvalue weighted by Gasteiger charge is -2.20. The monoisotopic (exact) mass is 338 g/mol. The summed E-state index contributed by atoms with van der Waals surface area (Å²) >= 11 is 0. The van der Waals surface area contributed by atoms with Crippen LogP contribution in [0.4, 0.5) is 0 Å². The van der Waals surface area contributed by atoms with Gasteiger partial charge in [-0.2, -0.15) is 0 Å². The van der Waals surface area contributed by atoms with Crippen LogP contribution in [-0.4, -0.2) is 24.6 Å². The molecule has 0 amide bonds. The molecule has 1 aliphatic carbocycles. The molecule has 0 saturated heterocycles. The van der Waals surface area contributed by atoms with Crippen molar-refractivity contribution in [2.24, 2.45) is 5.92 Å². The number of carbonyl (C=O) groups excluding carboxylic acids is 2. The topological polar surface area (TPSA) is 52.6 Å². The first-order valence-electron chi connectivity index (χ1n) is 9.19. The summed E-state index contributed by atoms with van der Waals surface area (Å²) in [7, 11) is 0. The molecule has 0 heterocycles. The predicted octanol–water partition coefficient (Wildman–Crippen LogP) is 4.98. The van der Waals surface area contributed by atoms with Crippen LogP contribution in [0.2, 0.25) is 0 Å². The average molecular weight is 338 g/mol. The normalized spacial score (nSPS) is 15.4. The SMILES string of the molecule is C=CC(=O)OC1CCCCC1.C=CC(=O)OCC(CC)CCCC. The van der Waals surface area contributed by atoms with Crippen molar-refractivity contribution in [3.05, 3.63) is 25.3 Å². The van der Waals surface area contributed by atoms with Crippen LogP contribution in [0.5, 0.6) is 0 Å². The molecule has 138 valence electrons. The van der Waals surface area contributed by atoms with E-state index in [1.807, 2.05) is 0 Å². The number of carbonyl (C=O) groups is 2. The van der Waals surface area contributed by atoms with E-state index in [4.69, 9.17) is 9.47 Å². The Morgan fingerprint density at radius 3 is 2.21 bits per heavy atom. The lowest BCUT2D eigenvalue weighted by Crippen LogP contribution is -2.19. The molecule has 0 aromatic heterocycles. The summed E-state index contributed by atoms with van der Waals surface area (Å²) in [6.45, 7) is 11.5. The Bertz CT molecular complexity index is 370. The lowest BCUT2D eigenvalue weighted by atomic mass is 9.98. The highest BCUT2D eigenvalue weighted by Gasteiger charge is 2.15. The van der Waals surface area contributed by atoms with Gasteiger partial charge >= 0.3 is 11.9 Å². The van der Waals surface area contributed by atoms with Gasteiger partial charge in [0.05, 0.1) is 6.61 Å². The van der Waals surface area contributed by atoms with Gasteiger partial charge in [-0.25, -0.2) is 9.59 Å². The Morgan fingerprint density at radius 2 is 1.71 bits per heavy atom. The maximum Gasteiger partial charge on any atom is 0.330 e. The fraction of sp³-hybridized carbons (Fsp3) is 0.700. The van der Waals surface area contributed by atoms with Gasteiger partial charge in [-0.15, -0.1) is 0 Å². The maximum atomic E-state index is 10.8. The van der Waals surface area contributed by atoms with Gasteiger partial charge in [0.15, 0.2) is 0 Å². The fourth-order valence-electron chi connectivity index (χ4n) is 2.55. The van der Waals surface area contributed by atoms with E-state index < -0.39 is 0 Å². The number of hydrogen-bond donors (Lipinski definition) is 0. The maximum absolute atomic E-state index is 10.8. The van der Waals surface area contributed by atoms with E-state index in [9.17, 15) is 9.59 Å². The number of ether oxygens (including phenoxy) is 2. The van der Waals surface area contributed by atoms with E-state index >= 15 is 0 Å². The van der Waals surface area contributed by atoms with Gasteiger partial charge in [0.2, 0.25) is 0 Å². The van der Waals surface area contributed by atoms with Crippen LogP contribution in [0.3, 0.4) is 0 Å². The highest BCUT2D eigenvalue weighted by atomic mass is 16.5. The standard InChI is InChI=1S/C11H20O2.C9H14O2/c1-4-7-8-10(5-2)9-13-11(12)6-3;1-2-9(10)11-8-6-4-3-5-7-8/h6,10H,3-5,7-9H2,1-2H3;2,8H,1,3-7H2. The van der Waals surface area contributed by atoms with Gasteiger partial charge in [0.25, 0.3) is 0 Å². The first kappa shape index (κ1) is 22.4. The number of rotatable bonds is 9. The zero-order chi connectivity index (χ0) is 18.2. The van der Waals surface area contributed by atoms with Gasteiger partial charge < -0.3 is 9.47 Å². The molecule has 1 aliphatic rings. The zero-order valence-corrected chi connectivity index (χ0v) is 15.4. The van der Waals surface area contributed by atoms with Crippen LogP contribution in [0, 0.1) is 5.92 Å². The first-order valence-corrected chi connectivity index (χ1v) is 9.19. The van der Waals surface area contributed by atoms with Crippen molar-refractivity contribution in [1.82, 2.24) is 0 Å². The molecule has 1 rings (SSSR count). The molecule has 0 N–H and O–H groups in total. The highest BCUT2D eigenvalue weighted by Crippen LogP contribution is 2.20. The second-order valence-electron chi connectivity index (χ2n) is 6.15. The number of unbranched alkanes of at least 4 members (excludes halogenated alkanes) is 1. The largest absolute Gasteiger partial charge is 0.462 e. The quantitative estimate of drug-likeness (QED) is 0.439. The van der Waals surface area contributed by atoms with Crippen LogP contribution in [0.15, 0.2) is 25.3 Å². The van der Waals surface area contributed by atoms with Gasteiger partial charge in [-0.3, -0.25) is 0 Å². The van der Waals surface area contributed by atoms with E-state index in [-0.39, 0.29) is 18.0 Å². The van der Waals surface area contributed by atoms with Crippen molar-refractivity contribution >= 4 is 11.9 Å². The van der Waals surface area contributed by atoms with Crippen LogP contribution < -0.4 is 0 Å². The number of hydrogen-bond acceptors (Lipinski definition) is 4. The summed E-state index contributed by atoms with van der Waals surface area (Å²) in [4.78, 5) is 21.5. The fourth-order valence-corrected chi connectivity index (χ4v) is 2.55. The third-order valence-corrected chi connectivity index (χ3v) is 4.17. The smallest absolute Gasteiger partial charge is 0.330 e. The molecular formula is C20H34O4. The third kappa shape index (κ3) is 11.9. The van der Waals surface area contributed by atoms with Crippen molar-refractivity contribution in [3.63, 3.8) is 0 Å². The molecule has 0 aliphatic heterocycles. The molecule has 0 radical (unpaired) electrons. The molecule has 4 heteroatoms. The Labute approximate surface area is 147 Å². The summed E-state index contributed by atoms with van der Waals surface area (Å²) < 4.78 is 10.1. The molecule has 0 aromatic rings. The molecule has 1 unspecified atom stereocenters. The number of esters is 2. The molecule has 0 spiro atoms. The molecule has 24 heavy (non-hydrogen) atoms. The Kier molecular flexibility index (Phi) is 14.0. The summed E-state index contributed by atoms with van der Waals surface area (Å²) in [6, 6.07) is 0. The minimum absolute atomic E-state index is 0.161. The van der Waals surface area contributed by atoms with E-state index in [0.29, 0.717) is 12.5 Å². The van der Waals surface area contributed by atoms with Crippen molar-refractivity contribution in [3.8, 4) is 0 Å². The van der Waals surface area contributed by atoms with Gasteiger partial charge in [0, 0.05) is 12.2 Å². The van der Waals surface area contributed by atoms with Crippen LogP contribution in [0.1, 0.15) is 71.6 Å². The molecular weight excluding hydrogens is 304 g/mol. The van der Waals surface area contributed by atoms with Crippen LogP contribution in [-0.2, 0) is 19.1 Å². The Balaban J connectivity index is 0.000000446. The van der Waals surface area contributed by atoms with Crippen molar-refractivity contribution in [2.45, 2.75) is 77.7 Å². The third-order valence-electron chi connectivity index (χ3n) is 4.17. The Hall–Kier alpha value is -1.58. The molecule has 4 nitrogen and oxygen atoms in total. The van der Waals surface area contributed by atoms with Crippen LogP contribution >= 0.6 is 0 Å². The van der Waals surface area contributed by atoms with Crippen molar-refractivity contribution in [2.75, 3.05) is 6.61 Å². The second-order valence-corrected chi connectivity index (χ2v) is 6.15. The minimum Gasteiger partial charge on any atom is -0.462 e. The summed E-state index contributed by atoms with van der Waals surface area (Å²) in [5, 5.41) is 0. The lowest BCUT2D eigenvalue weighted by molar-refractivity contribution is -0.144. The zero-order valence-electron chi connectivity index (χ0n) is 15.4. The molecule has 0 bridgehead atoms. The van der Waals surface area contributed by atoms with E-state index in [1.54, 1.807) is 0 Å². The van der Waals surface area contributed by atoms with E-state index in [0.717, 1.165) is 25.7 Å². The van der Waals surface area contributed by atoms with Crippen LogP contribution in [0.25, 0.3) is 0 Å². The molecule has 1 atom stereocenters. The Morgan fingerprint density at radius 1 is 1.08 bits per heavy atom. The molecule has 1 fully saturated rings. The van der Waals surface area contributed by atoms with Crippen molar-refractivity contribution < 1.29 is 19.1 Å². The summed E-state index contributed by atoms with van der Waals surface area (Å²) in [5.41, 5.74) is 0. The molecule has 1 saturated carbocycles. The van der Waals surface area contributed by atoms with Gasteiger partial charge in [-0.05, 0) is 38.0 Å². The van der Waals surface area contributed by atoms with Gasteiger partial charge in [-0.1, -0.05) is 52.7 Å².